The molecule has 0 saturated carbocycles. The number of nitrogens with zero attached hydrogens (tertiary/aromatic N) is 3. The van der Waals surface area contributed by atoms with Crippen LogP contribution < -0.4 is 14.8 Å². The molecule has 0 aliphatic heterocycles. The smallest absolute Gasteiger partial charge is 0.435 e. The Morgan fingerprint density at radius 3 is 2.48 bits per heavy atom. The van der Waals surface area contributed by atoms with E-state index >= 15 is 0 Å². The fourth-order valence-electron chi connectivity index (χ4n) is 2.63. The maximum atomic E-state index is 14.0. The van der Waals surface area contributed by atoms with Crippen molar-refractivity contribution >= 4 is 11.6 Å². The number of rotatable bonds is 5. The molecular weight excluding hydrogens is 427 g/mol. The SMILES string of the molecule is COc1c(Oc2nnc(C(F)(F)F)c(C)c2C(=O)Nc2cccnc2)ccc(F)c1F. The molecule has 1 aromatic carbocycles. The summed E-state index contributed by atoms with van der Waals surface area (Å²) in [5.41, 5.74) is -2.42. The lowest BCUT2D eigenvalue weighted by Crippen LogP contribution is -2.21. The van der Waals surface area contributed by atoms with Crippen molar-refractivity contribution in [1.82, 2.24) is 15.2 Å². The zero-order chi connectivity index (χ0) is 22.8. The summed E-state index contributed by atoms with van der Waals surface area (Å²) in [6.07, 6.45) is -2.20. The number of nitrogens with one attached hydrogen (secondary N) is 1. The maximum Gasteiger partial charge on any atom is 0.435 e. The number of aromatic nitrogens is 3. The summed E-state index contributed by atoms with van der Waals surface area (Å²) in [7, 11) is 1.03. The van der Waals surface area contributed by atoms with Gasteiger partial charge in [-0.05, 0) is 36.8 Å². The minimum absolute atomic E-state index is 0.189. The van der Waals surface area contributed by atoms with E-state index in [1.165, 1.54) is 24.5 Å². The molecule has 0 radical (unpaired) electrons. The second-order valence-electron chi connectivity index (χ2n) is 6.04. The van der Waals surface area contributed by atoms with E-state index in [-0.39, 0.29) is 5.69 Å². The van der Waals surface area contributed by atoms with Crippen molar-refractivity contribution in [3.05, 3.63) is 65.1 Å². The molecule has 0 bridgehead atoms. The zero-order valence-corrected chi connectivity index (χ0v) is 15.9. The van der Waals surface area contributed by atoms with Gasteiger partial charge in [-0.3, -0.25) is 9.78 Å². The number of ether oxygens (including phenoxy) is 2. The molecule has 12 heteroatoms. The Kier molecular flexibility index (Phi) is 5.99. The fourth-order valence-corrected chi connectivity index (χ4v) is 2.63. The molecule has 2 aromatic heterocycles. The Labute approximate surface area is 171 Å². The van der Waals surface area contributed by atoms with Crippen LogP contribution in [0.2, 0.25) is 0 Å². The first-order valence-corrected chi connectivity index (χ1v) is 8.49. The van der Waals surface area contributed by atoms with Gasteiger partial charge in [0.1, 0.15) is 5.56 Å². The first kappa shape index (κ1) is 21.9. The van der Waals surface area contributed by atoms with Crippen LogP contribution in [0.5, 0.6) is 17.4 Å². The Morgan fingerprint density at radius 2 is 1.87 bits per heavy atom. The number of halogens is 5. The minimum atomic E-state index is -4.90. The van der Waals surface area contributed by atoms with Crippen LogP contribution in [0.25, 0.3) is 0 Å². The van der Waals surface area contributed by atoms with Crippen LogP contribution in [0.4, 0.5) is 27.6 Å². The third-order valence-corrected chi connectivity index (χ3v) is 4.02. The van der Waals surface area contributed by atoms with E-state index in [0.717, 1.165) is 20.1 Å². The highest BCUT2D eigenvalue weighted by molar-refractivity contribution is 6.07. The number of amides is 1. The Hall–Kier alpha value is -3.83. The molecule has 1 N–H and O–H groups in total. The molecule has 3 aromatic rings. The van der Waals surface area contributed by atoms with E-state index in [0.29, 0.717) is 6.07 Å². The molecule has 0 aliphatic rings. The minimum Gasteiger partial charge on any atom is -0.490 e. The van der Waals surface area contributed by atoms with Crippen molar-refractivity contribution in [2.24, 2.45) is 0 Å². The van der Waals surface area contributed by atoms with E-state index in [2.05, 4.69) is 20.5 Å². The van der Waals surface area contributed by atoms with Crippen LogP contribution in [0, 0.1) is 18.6 Å². The van der Waals surface area contributed by atoms with Crippen LogP contribution in [-0.2, 0) is 6.18 Å². The summed E-state index contributed by atoms with van der Waals surface area (Å²) in [5, 5.41) is 8.81. The summed E-state index contributed by atoms with van der Waals surface area (Å²) in [6.45, 7) is 1.00. The van der Waals surface area contributed by atoms with Gasteiger partial charge in [0.2, 0.25) is 11.6 Å². The predicted molar refractivity (Wildman–Crippen MR) is 96.9 cm³/mol. The first-order chi connectivity index (χ1) is 14.6. The molecule has 0 aliphatic carbocycles. The van der Waals surface area contributed by atoms with Gasteiger partial charge in [0.05, 0.1) is 19.0 Å². The summed E-state index contributed by atoms with van der Waals surface area (Å²) in [4.78, 5) is 16.6. The second-order valence-corrected chi connectivity index (χ2v) is 6.04. The second kappa shape index (κ2) is 8.50. The van der Waals surface area contributed by atoms with Crippen molar-refractivity contribution in [3.8, 4) is 17.4 Å². The normalized spacial score (nSPS) is 11.2. The summed E-state index contributed by atoms with van der Waals surface area (Å²) in [6, 6.07) is 4.64. The molecule has 31 heavy (non-hydrogen) atoms. The van der Waals surface area contributed by atoms with Crippen molar-refractivity contribution in [1.29, 1.82) is 0 Å². The number of hydrogen-bond acceptors (Lipinski definition) is 6. The Morgan fingerprint density at radius 1 is 1.13 bits per heavy atom. The van der Waals surface area contributed by atoms with Gasteiger partial charge in [0.25, 0.3) is 11.8 Å². The lowest BCUT2D eigenvalue weighted by molar-refractivity contribution is -0.142. The standard InChI is InChI=1S/C19H13F5N4O3/c1-9-13(17(29)26-10-4-3-7-25-8-10)18(28-27-16(9)19(22,23)24)31-12-6-5-11(20)14(21)15(12)30-2/h3-8H,1-2H3,(H,26,29). The third kappa shape index (κ3) is 4.52. The van der Waals surface area contributed by atoms with Crippen LogP contribution in [0.1, 0.15) is 21.6 Å². The van der Waals surface area contributed by atoms with E-state index in [1.54, 1.807) is 0 Å². The van der Waals surface area contributed by atoms with Gasteiger partial charge in [-0.1, -0.05) is 0 Å². The van der Waals surface area contributed by atoms with E-state index in [1.807, 2.05) is 0 Å². The highest BCUT2D eigenvalue weighted by Gasteiger charge is 2.38. The number of pyridine rings is 1. The molecule has 1 amide bonds. The van der Waals surface area contributed by atoms with Gasteiger partial charge < -0.3 is 14.8 Å². The molecule has 3 rings (SSSR count). The molecule has 0 unspecified atom stereocenters. The van der Waals surface area contributed by atoms with Crippen molar-refractivity contribution in [2.75, 3.05) is 12.4 Å². The highest BCUT2D eigenvalue weighted by Crippen LogP contribution is 2.38. The van der Waals surface area contributed by atoms with E-state index in [9.17, 15) is 26.7 Å². The molecular formula is C19H13F5N4O3. The number of anilines is 1. The number of hydrogen-bond donors (Lipinski definition) is 1. The van der Waals surface area contributed by atoms with Crippen molar-refractivity contribution < 1.29 is 36.2 Å². The lowest BCUT2D eigenvalue weighted by atomic mass is 10.1. The average Bonchev–Trinajstić information content (AvgIpc) is 2.71. The maximum absolute atomic E-state index is 14.0. The van der Waals surface area contributed by atoms with Gasteiger partial charge in [-0.15, -0.1) is 10.2 Å². The summed E-state index contributed by atoms with van der Waals surface area (Å²) in [5.74, 6) is -5.41. The van der Waals surface area contributed by atoms with Crippen LogP contribution >= 0.6 is 0 Å². The van der Waals surface area contributed by atoms with Gasteiger partial charge in [0.15, 0.2) is 17.3 Å². The molecule has 2 heterocycles. The zero-order valence-electron chi connectivity index (χ0n) is 15.9. The fraction of sp³-hybridized carbons (Fsp3) is 0.158. The highest BCUT2D eigenvalue weighted by atomic mass is 19.4. The van der Waals surface area contributed by atoms with E-state index in [4.69, 9.17) is 9.47 Å². The van der Waals surface area contributed by atoms with Gasteiger partial charge in [-0.2, -0.15) is 17.6 Å². The Bertz CT molecular complexity index is 1120. The van der Waals surface area contributed by atoms with Gasteiger partial charge >= 0.3 is 6.18 Å². The van der Waals surface area contributed by atoms with Crippen molar-refractivity contribution in [3.63, 3.8) is 0 Å². The summed E-state index contributed by atoms with van der Waals surface area (Å²) >= 11 is 0. The van der Waals surface area contributed by atoms with Gasteiger partial charge in [0, 0.05) is 6.20 Å². The number of benzene rings is 1. The number of methoxy groups -OCH3 is 1. The van der Waals surface area contributed by atoms with Gasteiger partial charge in [-0.25, -0.2) is 4.39 Å². The largest absolute Gasteiger partial charge is 0.490 e. The topological polar surface area (TPSA) is 86.2 Å². The number of alkyl halides is 3. The number of carbonyl (C=O) groups excluding carboxylic acids is 1. The average molecular weight is 440 g/mol. The lowest BCUT2D eigenvalue weighted by Gasteiger charge is -2.17. The molecule has 7 nitrogen and oxygen atoms in total. The third-order valence-electron chi connectivity index (χ3n) is 4.02. The van der Waals surface area contributed by atoms with Crippen LogP contribution in [0.15, 0.2) is 36.7 Å². The van der Waals surface area contributed by atoms with Crippen molar-refractivity contribution in [2.45, 2.75) is 13.1 Å². The number of carbonyl (C=O) groups is 1. The van der Waals surface area contributed by atoms with Crippen LogP contribution in [0.3, 0.4) is 0 Å². The molecule has 0 saturated heterocycles. The molecule has 162 valence electrons. The Balaban J connectivity index is 2.11. The quantitative estimate of drug-likeness (QED) is 0.587. The summed E-state index contributed by atoms with van der Waals surface area (Å²) < 4.78 is 77.4. The first-order valence-electron chi connectivity index (χ1n) is 8.49. The molecule has 0 atom stereocenters. The monoisotopic (exact) mass is 440 g/mol. The van der Waals surface area contributed by atoms with Crippen LogP contribution in [-0.4, -0.2) is 28.2 Å². The molecule has 0 spiro atoms. The van der Waals surface area contributed by atoms with E-state index < -0.39 is 57.9 Å². The molecule has 0 fully saturated rings. The predicted octanol–water partition coefficient (Wildman–Crippen LogP) is 4.53.